The highest BCUT2D eigenvalue weighted by molar-refractivity contribution is 8.00. The predicted octanol–water partition coefficient (Wildman–Crippen LogP) is 3.42. The summed E-state index contributed by atoms with van der Waals surface area (Å²) >= 11 is 1.63. The van der Waals surface area contributed by atoms with Crippen LogP contribution in [0.4, 0.5) is 8.78 Å². The molecule has 0 aliphatic heterocycles. The third kappa shape index (κ3) is 2.62. The van der Waals surface area contributed by atoms with Crippen LogP contribution >= 0.6 is 11.8 Å². The molecule has 1 unspecified atom stereocenters. The zero-order valence-corrected chi connectivity index (χ0v) is 9.51. The molecule has 1 aliphatic carbocycles. The zero-order valence-electron chi connectivity index (χ0n) is 8.70. The van der Waals surface area contributed by atoms with E-state index in [2.05, 4.69) is 0 Å². The quantitative estimate of drug-likeness (QED) is 0.858. The molecule has 1 aromatic rings. The topological polar surface area (TPSA) is 26.0 Å². The molecule has 0 amide bonds. The van der Waals surface area contributed by atoms with Crippen molar-refractivity contribution in [3.8, 4) is 0 Å². The third-order valence-electron chi connectivity index (χ3n) is 2.70. The highest BCUT2D eigenvalue weighted by Gasteiger charge is 2.30. The second-order valence-corrected chi connectivity index (χ2v) is 5.26. The van der Waals surface area contributed by atoms with Gasteiger partial charge in [0, 0.05) is 21.8 Å². The molecule has 16 heavy (non-hydrogen) atoms. The molecule has 1 saturated carbocycles. The molecule has 0 bridgehead atoms. The molecule has 0 radical (unpaired) electrons. The van der Waals surface area contributed by atoms with E-state index in [0.29, 0.717) is 12.8 Å². The average Bonchev–Trinajstić information content (AvgIpc) is 2.61. The smallest absolute Gasteiger partial charge is 0.271 e. The lowest BCUT2D eigenvalue weighted by Gasteiger charge is -2.07. The van der Waals surface area contributed by atoms with Gasteiger partial charge in [-0.1, -0.05) is 18.2 Å². The monoisotopic (exact) mass is 241 g/mol. The average molecular weight is 241 g/mol. The summed E-state index contributed by atoms with van der Waals surface area (Å²) in [6.07, 6.45) is -0.557. The minimum atomic E-state index is -1.59. The molecule has 86 valence electrons. The number of hydrogen-bond donors (Lipinski definition) is 1. The van der Waals surface area contributed by atoms with Crippen LogP contribution < -0.4 is 5.73 Å². The summed E-state index contributed by atoms with van der Waals surface area (Å²) in [5, 5.41) is 0.175. The molecular weight excluding hydrogens is 228 g/mol. The molecule has 0 saturated heterocycles. The Labute approximate surface area is 97.7 Å². The molecule has 2 atom stereocenters. The number of rotatable bonds is 2. The summed E-state index contributed by atoms with van der Waals surface area (Å²) in [6, 6.07) is 9.35. The largest absolute Gasteiger partial charge is 0.324 e. The Kier molecular flexibility index (Phi) is 3.61. The van der Waals surface area contributed by atoms with Gasteiger partial charge in [-0.05, 0) is 25.0 Å². The summed E-state index contributed by atoms with van der Waals surface area (Å²) in [7, 11) is 0. The van der Waals surface area contributed by atoms with Crippen LogP contribution in [0, 0.1) is 0 Å². The minimum absolute atomic E-state index is 0.133. The maximum absolute atomic E-state index is 12.5. The van der Waals surface area contributed by atoms with E-state index < -0.39 is 12.1 Å². The lowest BCUT2D eigenvalue weighted by Crippen LogP contribution is -2.18. The fourth-order valence-electron chi connectivity index (χ4n) is 1.90. The van der Waals surface area contributed by atoms with Crippen LogP contribution in [0.25, 0.3) is 0 Å². The Morgan fingerprint density at radius 2 is 1.94 bits per heavy atom. The van der Waals surface area contributed by atoms with Crippen molar-refractivity contribution in [3.63, 3.8) is 0 Å². The summed E-state index contributed by atoms with van der Waals surface area (Å²) in [4.78, 5) is 1.11. The first kappa shape index (κ1) is 11.6. The van der Waals surface area contributed by atoms with Crippen molar-refractivity contribution in [1.82, 2.24) is 0 Å². The lowest BCUT2D eigenvalue weighted by atomic mass is 10.2. The maximum Gasteiger partial charge on any atom is 0.271 e. The van der Waals surface area contributed by atoms with E-state index in [4.69, 9.17) is 5.73 Å². The van der Waals surface area contributed by atoms with Gasteiger partial charge in [-0.3, -0.25) is 0 Å². The molecule has 0 aromatic heterocycles. The summed E-state index contributed by atoms with van der Waals surface area (Å²) < 4.78 is 25.0. The van der Waals surface area contributed by atoms with Gasteiger partial charge < -0.3 is 5.73 Å². The normalized spacial score (nSPS) is 24.8. The second-order valence-electron chi connectivity index (χ2n) is 3.88. The standard InChI is InChI=1S/C12H13F2NS/c13-12(14)10-6-9(7-11(10)15)16-8-4-2-1-3-5-8/h1-5,9,11H,6-7,15H2/t9?,11-/m0/s1. The predicted molar refractivity (Wildman–Crippen MR) is 62.5 cm³/mol. The van der Waals surface area contributed by atoms with Crippen LogP contribution in [-0.2, 0) is 0 Å². The first-order chi connectivity index (χ1) is 7.66. The van der Waals surface area contributed by atoms with Crippen molar-refractivity contribution in [3.05, 3.63) is 42.0 Å². The highest BCUT2D eigenvalue weighted by Crippen LogP contribution is 2.38. The molecule has 0 heterocycles. The fraction of sp³-hybridized carbons (Fsp3) is 0.333. The molecule has 0 spiro atoms. The van der Waals surface area contributed by atoms with Crippen molar-refractivity contribution in [2.24, 2.45) is 5.73 Å². The van der Waals surface area contributed by atoms with Gasteiger partial charge in [-0.2, -0.15) is 8.78 Å². The number of nitrogens with two attached hydrogens (primary N) is 1. The second kappa shape index (κ2) is 4.97. The van der Waals surface area contributed by atoms with Crippen LogP contribution in [0.3, 0.4) is 0 Å². The van der Waals surface area contributed by atoms with Gasteiger partial charge >= 0.3 is 0 Å². The molecule has 1 fully saturated rings. The summed E-state index contributed by atoms with van der Waals surface area (Å²) in [5.41, 5.74) is 5.81. The van der Waals surface area contributed by atoms with E-state index in [1.54, 1.807) is 11.8 Å². The van der Waals surface area contributed by atoms with E-state index in [0.717, 1.165) is 4.90 Å². The lowest BCUT2D eigenvalue weighted by molar-refractivity contribution is 0.405. The van der Waals surface area contributed by atoms with Gasteiger partial charge in [0.1, 0.15) is 0 Å². The molecule has 2 rings (SSSR count). The Hall–Kier alpha value is -0.870. The SMILES string of the molecule is N[C@H]1CC(Sc2ccccc2)CC1=C(F)F. The van der Waals surface area contributed by atoms with Gasteiger partial charge in [0.05, 0.1) is 0 Å². The van der Waals surface area contributed by atoms with Crippen molar-refractivity contribution in [2.75, 3.05) is 0 Å². The minimum Gasteiger partial charge on any atom is -0.324 e. The third-order valence-corrected chi connectivity index (χ3v) is 3.94. The van der Waals surface area contributed by atoms with Crippen molar-refractivity contribution in [2.45, 2.75) is 29.0 Å². The first-order valence-corrected chi connectivity index (χ1v) is 6.06. The maximum atomic E-state index is 12.5. The zero-order chi connectivity index (χ0) is 11.5. The Balaban J connectivity index is 2.02. The number of hydrogen-bond acceptors (Lipinski definition) is 2. The summed E-state index contributed by atoms with van der Waals surface area (Å²) in [6.45, 7) is 0. The molecule has 1 nitrogen and oxygen atoms in total. The van der Waals surface area contributed by atoms with Gasteiger partial charge in [0.15, 0.2) is 0 Å². The van der Waals surface area contributed by atoms with Crippen LogP contribution in [0.15, 0.2) is 46.9 Å². The highest BCUT2D eigenvalue weighted by atomic mass is 32.2. The molecular formula is C12H13F2NS. The van der Waals surface area contributed by atoms with Crippen molar-refractivity contribution >= 4 is 11.8 Å². The van der Waals surface area contributed by atoms with Crippen LogP contribution in [0.2, 0.25) is 0 Å². The van der Waals surface area contributed by atoms with E-state index in [1.807, 2.05) is 30.3 Å². The Bertz CT molecular complexity index is 387. The number of halogens is 2. The van der Waals surface area contributed by atoms with Crippen LogP contribution in [0.5, 0.6) is 0 Å². The summed E-state index contributed by atoms with van der Waals surface area (Å²) in [5.74, 6) is 0. The van der Waals surface area contributed by atoms with Crippen molar-refractivity contribution < 1.29 is 8.78 Å². The first-order valence-electron chi connectivity index (χ1n) is 5.18. The Morgan fingerprint density at radius 1 is 1.25 bits per heavy atom. The van der Waals surface area contributed by atoms with E-state index in [9.17, 15) is 8.78 Å². The van der Waals surface area contributed by atoms with Crippen LogP contribution in [0.1, 0.15) is 12.8 Å². The van der Waals surface area contributed by atoms with Gasteiger partial charge in [-0.15, -0.1) is 11.8 Å². The van der Waals surface area contributed by atoms with Crippen LogP contribution in [-0.4, -0.2) is 11.3 Å². The molecule has 2 N–H and O–H groups in total. The molecule has 1 aromatic carbocycles. The molecule has 1 aliphatic rings. The fourth-order valence-corrected chi connectivity index (χ4v) is 3.17. The van der Waals surface area contributed by atoms with Gasteiger partial charge in [-0.25, -0.2) is 0 Å². The van der Waals surface area contributed by atoms with E-state index in [1.165, 1.54) is 0 Å². The van der Waals surface area contributed by atoms with E-state index >= 15 is 0 Å². The Morgan fingerprint density at radius 3 is 2.50 bits per heavy atom. The van der Waals surface area contributed by atoms with Crippen molar-refractivity contribution in [1.29, 1.82) is 0 Å². The van der Waals surface area contributed by atoms with Gasteiger partial charge in [0.25, 0.3) is 6.08 Å². The van der Waals surface area contributed by atoms with Gasteiger partial charge in [0.2, 0.25) is 0 Å². The number of thioether (sulfide) groups is 1. The molecule has 4 heteroatoms. The van der Waals surface area contributed by atoms with E-state index in [-0.39, 0.29) is 10.8 Å². The number of benzene rings is 1.